The average Bonchev–Trinajstić information content (AvgIpc) is 2.22. The van der Waals surface area contributed by atoms with Crippen LogP contribution < -0.4 is 0 Å². The molecule has 1 saturated heterocycles. The molecule has 1 aliphatic rings. The van der Waals surface area contributed by atoms with Crippen molar-refractivity contribution >= 4 is 0 Å². The van der Waals surface area contributed by atoms with Gasteiger partial charge in [0.05, 0.1) is 0 Å². The third-order valence-electron chi connectivity index (χ3n) is 3.58. The molecular formula is C11H21O2V-. The molecule has 0 aliphatic carbocycles. The zero-order valence-corrected chi connectivity index (χ0v) is 10.9. The first-order chi connectivity index (χ1) is 6.07. The summed E-state index contributed by atoms with van der Waals surface area (Å²) in [5.41, 5.74) is 0. The van der Waals surface area contributed by atoms with Gasteiger partial charge >= 0.3 is 0 Å². The van der Waals surface area contributed by atoms with E-state index in [-0.39, 0.29) is 24.7 Å². The molecule has 1 rings (SSSR count). The summed E-state index contributed by atoms with van der Waals surface area (Å²) in [7, 11) is 0. The molecule has 14 heavy (non-hydrogen) atoms. The number of aliphatic hydroxyl groups is 1. The van der Waals surface area contributed by atoms with E-state index in [0.29, 0.717) is 17.8 Å². The van der Waals surface area contributed by atoms with Crippen LogP contribution in [-0.2, 0) is 23.3 Å². The summed E-state index contributed by atoms with van der Waals surface area (Å²) in [5.74, 6) is 1.33. The largest absolute Gasteiger partial charge is 0.547 e. The summed E-state index contributed by atoms with van der Waals surface area (Å²) in [6.07, 6.45) is 0.880. The molecular weight excluding hydrogens is 215 g/mol. The minimum Gasteiger partial charge on any atom is -0.547 e. The van der Waals surface area contributed by atoms with Gasteiger partial charge in [-0.2, -0.15) is 6.61 Å². The van der Waals surface area contributed by atoms with Crippen molar-refractivity contribution in [3.8, 4) is 0 Å². The first kappa shape index (κ1) is 14.5. The van der Waals surface area contributed by atoms with Gasteiger partial charge in [0.25, 0.3) is 0 Å². The molecule has 0 amide bonds. The minimum atomic E-state index is -0.408. The maximum atomic E-state index is 9.68. The van der Waals surface area contributed by atoms with E-state index in [4.69, 9.17) is 4.74 Å². The van der Waals surface area contributed by atoms with Crippen molar-refractivity contribution in [3.63, 3.8) is 0 Å². The molecule has 0 aromatic rings. The molecule has 0 saturated carbocycles. The Morgan fingerprint density at radius 3 is 2.21 bits per heavy atom. The van der Waals surface area contributed by atoms with Gasteiger partial charge in [-0.3, -0.25) is 0 Å². The minimum absolute atomic E-state index is 0. The molecule has 1 fully saturated rings. The van der Waals surface area contributed by atoms with Gasteiger partial charge in [-0.05, 0) is 30.3 Å². The van der Waals surface area contributed by atoms with E-state index >= 15 is 0 Å². The fraction of sp³-hybridized carbons (Fsp3) is 0.909. The van der Waals surface area contributed by atoms with Gasteiger partial charge in [0.1, 0.15) is 0 Å². The smallest absolute Gasteiger partial charge is 0.0257 e. The van der Waals surface area contributed by atoms with Crippen LogP contribution in [0.5, 0.6) is 0 Å². The predicted octanol–water partition coefficient (Wildman–Crippen LogP) is 2.22. The SMILES string of the molecule is CCC1O[CH-][C@H](O)C(C)C(C)C1C.[V]. The van der Waals surface area contributed by atoms with Crippen molar-refractivity contribution in [1.29, 1.82) is 0 Å². The molecule has 1 heterocycles. The van der Waals surface area contributed by atoms with E-state index in [1.165, 1.54) is 0 Å². The van der Waals surface area contributed by atoms with Crippen molar-refractivity contribution in [2.75, 3.05) is 0 Å². The van der Waals surface area contributed by atoms with Crippen LogP contribution >= 0.6 is 0 Å². The first-order valence-corrected chi connectivity index (χ1v) is 5.24. The number of hydrogen-bond donors (Lipinski definition) is 1. The Kier molecular flexibility index (Phi) is 6.39. The second-order valence-electron chi connectivity index (χ2n) is 4.29. The molecule has 83 valence electrons. The van der Waals surface area contributed by atoms with Crippen LogP contribution in [0.4, 0.5) is 0 Å². The van der Waals surface area contributed by atoms with Gasteiger partial charge in [-0.25, -0.2) is 0 Å². The van der Waals surface area contributed by atoms with Gasteiger partial charge in [-0.15, -0.1) is 0 Å². The normalized spacial score (nSPS) is 43.9. The topological polar surface area (TPSA) is 29.5 Å². The summed E-state index contributed by atoms with van der Waals surface area (Å²) in [6.45, 7) is 10.2. The van der Waals surface area contributed by atoms with Crippen molar-refractivity contribution in [2.24, 2.45) is 17.8 Å². The summed E-state index contributed by atoms with van der Waals surface area (Å²) >= 11 is 0. The Bertz CT molecular complexity index is 161. The number of aliphatic hydroxyl groups excluding tert-OH is 1. The van der Waals surface area contributed by atoms with E-state index < -0.39 is 6.10 Å². The molecule has 3 heteroatoms. The zero-order valence-electron chi connectivity index (χ0n) is 9.47. The third-order valence-corrected chi connectivity index (χ3v) is 3.58. The number of hydrogen-bond acceptors (Lipinski definition) is 2. The van der Waals surface area contributed by atoms with Crippen LogP contribution in [0.1, 0.15) is 34.1 Å². The van der Waals surface area contributed by atoms with Crippen LogP contribution in [0.15, 0.2) is 0 Å². The standard InChI is InChI=1S/C11H21O2.V/c1-5-11-9(4)7(2)8(3)10(12)6-13-11;/h6-12H,5H2,1-4H3;/q-1;/t7?,8?,9?,10-,11?;/m0./s1. The van der Waals surface area contributed by atoms with Gasteiger partial charge in [0, 0.05) is 24.7 Å². The first-order valence-electron chi connectivity index (χ1n) is 5.24. The fourth-order valence-corrected chi connectivity index (χ4v) is 2.03. The Labute approximate surface area is 99.3 Å². The van der Waals surface area contributed by atoms with Gasteiger partial charge in [0.2, 0.25) is 0 Å². The third kappa shape index (κ3) is 3.00. The van der Waals surface area contributed by atoms with E-state index in [9.17, 15) is 5.11 Å². The second kappa shape index (κ2) is 6.17. The molecule has 0 spiro atoms. The maximum absolute atomic E-state index is 9.68. The summed E-state index contributed by atoms with van der Waals surface area (Å²) in [6, 6.07) is 0. The molecule has 0 aromatic carbocycles. The molecule has 1 N–H and O–H groups in total. The zero-order chi connectivity index (χ0) is 10.0. The average molecular weight is 236 g/mol. The molecule has 4 unspecified atom stereocenters. The molecule has 2 nitrogen and oxygen atoms in total. The fourth-order valence-electron chi connectivity index (χ4n) is 2.03. The molecule has 0 bridgehead atoms. The molecule has 0 aromatic heterocycles. The van der Waals surface area contributed by atoms with Crippen molar-refractivity contribution in [3.05, 3.63) is 6.61 Å². The molecule has 1 radical (unpaired) electrons. The van der Waals surface area contributed by atoms with Crippen molar-refractivity contribution in [1.82, 2.24) is 0 Å². The van der Waals surface area contributed by atoms with E-state index in [1.54, 1.807) is 6.61 Å². The summed E-state index contributed by atoms with van der Waals surface area (Å²) in [4.78, 5) is 0. The van der Waals surface area contributed by atoms with Crippen LogP contribution in [0, 0.1) is 24.4 Å². The van der Waals surface area contributed by atoms with Gasteiger partial charge in [0.15, 0.2) is 0 Å². The monoisotopic (exact) mass is 236 g/mol. The second-order valence-corrected chi connectivity index (χ2v) is 4.29. The van der Waals surface area contributed by atoms with Crippen molar-refractivity contribution in [2.45, 2.75) is 46.3 Å². The van der Waals surface area contributed by atoms with Crippen LogP contribution in [-0.4, -0.2) is 17.3 Å². The summed E-state index contributed by atoms with van der Waals surface area (Å²) in [5, 5.41) is 9.68. The Morgan fingerprint density at radius 2 is 1.71 bits per heavy atom. The van der Waals surface area contributed by atoms with E-state index in [2.05, 4.69) is 27.7 Å². The van der Waals surface area contributed by atoms with Gasteiger partial charge < -0.3 is 9.84 Å². The van der Waals surface area contributed by atoms with Crippen LogP contribution in [0.3, 0.4) is 0 Å². The van der Waals surface area contributed by atoms with E-state index in [1.807, 2.05) is 0 Å². The predicted molar refractivity (Wildman–Crippen MR) is 53.0 cm³/mol. The van der Waals surface area contributed by atoms with Crippen LogP contribution in [0.2, 0.25) is 0 Å². The van der Waals surface area contributed by atoms with Crippen LogP contribution in [0.25, 0.3) is 0 Å². The quantitative estimate of drug-likeness (QED) is 0.707. The number of ether oxygens (including phenoxy) is 1. The Balaban J connectivity index is 0.00000169. The summed E-state index contributed by atoms with van der Waals surface area (Å²) < 4.78 is 5.54. The molecule has 1 aliphatic heterocycles. The van der Waals surface area contributed by atoms with Gasteiger partial charge in [-0.1, -0.05) is 27.7 Å². The van der Waals surface area contributed by atoms with E-state index in [0.717, 1.165) is 6.42 Å². The van der Waals surface area contributed by atoms with Crippen molar-refractivity contribution < 1.29 is 28.4 Å². The Hall–Kier alpha value is 0.504. The maximum Gasteiger partial charge on any atom is 0.0257 e. The molecule has 5 atom stereocenters. The Morgan fingerprint density at radius 1 is 1.14 bits per heavy atom. The number of rotatable bonds is 1.